The van der Waals surface area contributed by atoms with Crippen LogP contribution in [0.25, 0.3) is 0 Å². The third-order valence-corrected chi connectivity index (χ3v) is 5.25. The molecule has 1 aromatic carbocycles. The molecular formula is C19H23NO3S. The molecule has 2 atom stereocenters. The van der Waals surface area contributed by atoms with Crippen molar-refractivity contribution in [2.75, 3.05) is 11.5 Å². The average molecular weight is 345 g/mol. The van der Waals surface area contributed by atoms with Crippen LogP contribution in [0.2, 0.25) is 0 Å². The van der Waals surface area contributed by atoms with Crippen LogP contribution in [0.15, 0.2) is 41.8 Å². The highest BCUT2D eigenvalue weighted by molar-refractivity contribution is 7.09. The number of nitrogens with zero attached hydrogens (tertiary/aromatic N) is 1. The first-order valence-electron chi connectivity index (χ1n) is 8.39. The van der Waals surface area contributed by atoms with Crippen LogP contribution in [0, 0.1) is 0 Å². The third kappa shape index (κ3) is 3.86. The number of ether oxygens (including phenoxy) is 1. The molecule has 0 radical (unpaired) electrons. The predicted octanol–water partition coefficient (Wildman–Crippen LogP) is 3.90. The quantitative estimate of drug-likeness (QED) is 0.828. The summed E-state index contributed by atoms with van der Waals surface area (Å²) in [5.74, 6) is 0.142. The van der Waals surface area contributed by atoms with Crippen molar-refractivity contribution in [1.82, 2.24) is 0 Å². The molecule has 24 heavy (non-hydrogen) atoms. The fourth-order valence-electron chi connectivity index (χ4n) is 3.04. The number of thiophene rings is 1. The number of benzene rings is 1. The second-order valence-corrected chi connectivity index (χ2v) is 7.10. The van der Waals surface area contributed by atoms with E-state index in [1.54, 1.807) is 11.3 Å². The van der Waals surface area contributed by atoms with Gasteiger partial charge in [-0.05, 0) is 42.0 Å². The van der Waals surface area contributed by atoms with Crippen molar-refractivity contribution in [1.29, 1.82) is 0 Å². The summed E-state index contributed by atoms with van der Waals surface area (Å²) >= 11 is 1.68. The molecule has 1 saturated heterocycles. The fourth-order valence-corrected chi connectivity index (χ4v) is 3.68. The van der Waals surface area contributed by atoms with Crippen molar-refractivity contribution >= 4 is 22.9 Å². The van der Waals surface area contributed by atoms with Crippen LogP contribution < -0.4 is 4.90 Å². The average Bonchev–Trinajstić information content (AvgIpc) is 3.24. The maximum Gasteiger partial charge on any atom is 0.227 e. The maximum atomic E-state index is 12.3. The number of aliphatic hydroxyl groups is 1. The van der Waals surface area contributed by atoms with Gasteiger partial charge in [0.05, 0.1) is 25.4 Å². The van der Waals surface area contributed by atoms with Gasteiger partial charge in [-0.2, -0.15) is 0 Å². The van der Waals surface area contributed by atoms with Gasteiger partial charge in [0.2, 0.25) is 5.91 Å². The summed E-state index contributed by atoms with van der Waals surface area (Å²) in [7, 11) is 0. The third-order valence-electron chi connectivity index (χ3n) is 4.40. The number of hydrogen-bond donors (Lipinski definition) is 1. The van der Waals surface area contributed by atoms with Crippen molar-refractivity contribution in [2.24, 2.45) is 0 Å². The Balaban J connectivity index is 1.64. The molecule has 1 aliphatic heterocycles. The van der Waals surface area contributed by atoms with E-state index < -0.39 is 6.10 Å². The van der Waals surface area contributed by atoms with Gasteiger partial charge in [0.15, 0.2) is 0 Å². The Morgan fingerprint density at radius 3 is 2.79 bits per heavy atom. The summed E-state index contributed by atoms with van der Waals surface area (Å²) < 4.78 is 5.82. The van der Waals surface area contributed by atoms with Crippen LogP contribution in [0.4, 0.5) is 5.69 Å². The molecule has 1 fully saturated rings. The second kappa shape index (κ2) is 7.92. The van der Waals surface area contributed by atoms with Crippen molar-refractivity contribution in [3.8, 4) is 0 Å². The molecule has 0 spiro atoms. The van der Waals surface area contributed by atoms with Crippen LogP contribution in [0.5, 0.6) is 0 Å². The molecule has 3 rings (SSSR count). The Morgan fingerprint density at radius 2 is 2.12 bits per heavy atom. The van der Waals surface area contributed by atoms with Crippen LogP contribution in [0.3, 0.4) is 0 Å². The molecule has 0 aliphatic carbocycles. The van der Waals surface area contributed by atoms with E-state index in [0.717, 1.165) is 17.7 Å². The van der Waals surface area contributed by atoms with Crippen LogP contribution in [-0.4, -0.2) is 23.7 Å². The Bertz CT molecular complexity index is 654. The van der Waals surface area contributed by atoms with Gasteiger partial charge in [0, 0.05) is 17.0 Å². The Morgan fingerprint density at radius 1 is 1.33 bits per heavy atom. The Labute approximate surface area is 146 Å². The first-order valence-corrected chi connectivity index (χ1v) is 9.27. The van der Waals surface area contributed by atoms with E-state index >= 15 is 0 Å². The molecule has 1 N–H and O–H groups in total. The zero-order chi connectivity index (χ0) is 16.9. The number of aliphatic hydroxyl groups excluding tert-OH is 1. The van der Waals surface area contributed by atoms with E-state index in [-0.39, 0.29) is 11.9 Å². The molecule has 2 heterocycles. The minimum atomic E-state index is -0.446. The van der Waals surface area contributed by atoms with E-state index in [2.05, 4.69) is 6.07 Å². The highest BCUT2D eigenvalue weighted by Gasteiger charge is 2.32. The number of carbonyl (C=O) groups excluding carboxylic acids is 1. The van der Waals surface area contributed by atoms with Crippen LogP contribution >= 0.6 is 11.3 Å². The molecule has 5 heteroatoms. The normalized spacial score (nSPS) is 19.0. The summed E-state index contributed by atoms with van der Waals surface area (Å²) in [4.78, 5) is 15.3. The Kier molecular flexibility index (Phi) is 5.66. The van der Waals surface area contributed by atoms with Crippen LogP contribution in [-0.2, 0) is 16.1 Å². The summed E-state index contributed by atoms with van der Waals surface area (Å²) in [5.41, 5.74) is 1.77. The summed E-state index contributed by atoms with van der Waals surface area (Å²) in [6.07, 6.45) is 1.62. The summed E-state index contributed by atoms with van der Waals surface area (Å²) in [6, 6.07) is 11.8. The second-order valence-electron chi connectivity index (χ2n) is 6.07. The molecule has 0 saturated carbocycles. The molecule has 2 aromatic rings. The molecule has 1 unspecified atom stereocenters. The monoisotopic (exact) mass is 345 g/mol. The van der Waals surface area contributed by atoms with Gasteiger partial charge in [0.1, 0.15) is 0 Å². The van der Waals surface area contributed by atoms with Gasteiger partial charge in [-0.15, -0.1) is 11.3 Å². The van der Waals surface area contributed by atoms with E-state index in [9.17, 15) is 9.90 Å². The standard InChI is InChI=1S/C19H23NO3S/c1-2-18(21)14-5-7-15(8-6-14)20-16(9-10-19(20)22)12-23-13-17-4-3-11-24-17/h3-8,11,16,18,21H,2,9-10,12-13H2,1H3/t16-,18?/m1/s1. The van der Waals surface area contributed by atoms with Crippen molar-refractivity contribution in [3.05, 3.63) is 52.2 Å². The van der Waals surface area contributed by atoms with Gasteiger partial charge in [-0.25, -0.2) is 0 Å². The molecule has 1 aliphatic rings. The van der Waals surface area contributed by atoms with Crippen LogP contribution in [0.1, 0.15) is 42.7 Å². The fraction of sp³-hybridized carbons (Fsp3) is 0.421. The van der Waals surface area contributed by atoms with E-state index in [1.165, 1.54) is 4.88 Å². The first kappa shape index (κ1) is 17.1. The highest BCUT2D eigenvalue weighted by Crippen LogP contribution is 2.29. The van der Waals surface area contributed by atoms with E-state index in [0.29, 0.717) is 26.1 Å². The number of amides is 1. The van der Waals surface area contributed by atoms with Crippen molar-refractivity contribution in [3.63, 3.8) is 0 Å². The SMILES string of the molecule is CCC(O)c1ccc(N2C(=O)CC[C@@H]2COCc2cccs2)cc1. The molecule has 128 valence electrons. The largest absolute Gasteiger partial charge is 0.388 e. The smallest absolute Gasteiger partial charge is 0.227 e. The maximum absolute atomic E-state index is 12.3. The lowest BCUT2D eigenvalue weighted by Crippen LogP contribution is -2.36. The lowest BCUT2D eigenvalue weighted by molar-refractivity contribution is -0.117. The topological polar surface area (TPSA) is 49.8 Å². The minimum Gasteiger partial charge on any atom is -0.388 e. The number of hydrogen-bond acceptors (Lipinski definition) is 4. The molecule has 1 amide bonds. The van der Waals surface area contributed by atoms with Gasteiger partial charge < -0.3 is 14.7 Å². The number of rotatable bonds is 7. The highest BCUT2D eigenvalue weighted by atomic mass is 32.1. The molecule has 0 bridgehead atoms. The zero-order valence-electron chi connectivity index (χ0n) is 13.9. The van der Waals surface area contributed by atoms with Gasteiger partial charge >= 0.3 is 0 Å². The van der Waals surface area contributed by atoms with E-state index in [1.807, 2.05) is 47.5 Å². The minimum absolute atomic E-state index is 0.0828. The number of anilines is 1. The van der Waals surface area contributed by atoms with E-state index in [4.69, 9.17) is 4.74 Å². The van der Waals surface area contributed by atoms with Crippen molar-refractivity contribution < 1.29 is 14.6 Å². The lowest BCUT2D eigenvalue weighted by atomic mass is 10.1. The van der Waals surface area contributed by atoms with Gasteiger partial charge in [0.25, 0.3) is 0 Å². The summed E-state index contributed by atoms with van der Waals surface area (Å²) in [6.45, 7) is 3.09. The zero-order valence-corrected chi connectivity index (χ0v) is 14.7. The van der Waals surface area contributed by atoms with Gasteiger partial charge in [-0.1, -0.05) is 25.1 Å². The lowest BCUT2D eigenvalue weighted by Gasteiger charge is -2.25. The Hall–Kier alpha value is -1.69. The van der Waals surface area contributed by atoms with Gasteiger partial charge in [-0.3, -0.25) is 4.79 Å². The number of carbonyl (C=O) groups is 1. The molecule has 4 nitrogen and oxygen atoms in total. The summed E-state index contributed by atoms with van der Waals surface area (Å²) in [5, 5.41) is 11.9. The molecular weight excluding hydrogens is 322 g/mol. The predicted molar refractivity (Wildman–Crippen MR) is 96.2 cm³/mol. The first-order chi connectivity index (χ1) is 11.7. The molecule has 1 aromatic heterocycles. The van der Waals surface area contributed by atoms with Crippen molar-refractivity contribution in [2.45, 2.75) is 44.9 Å².